The maximum absolute atomic E-state index is 11.1. The Morgan fingerprint density at radius 2 is 2.14 bits per heavy atom. The van der Waals surface area contributed by atoms with Crippen LogP contribution in [0.5, 0.6) is 0 Å². The highest BCUT2D eigenvalue weighted by atomic mass is 16.4. The summed E-state index contributed by atoms with van der Waals surface area (Å²) in [5, 5.41) is 17.5. The van der Waals surface area contributed by atoms with Crippen molar-refractivity contribution in [1.82, 2.24) is 19.6 Å². The van der Waals surface area contributed by atoms with Gasteiger partial charge in [-0.3, -0.25) is 4.40 Å². The van der Waals surface area contributed by atoms with Gasteiger partial charge < -0.3 is 5.11 Å². The Morgan fingerprint density at radius 1 is 1.33 bits per heavy atom. The second-order valence-electron chi connectivity index (χ2n) is 4.77. The van der Waals surface area contributed by atoms with Crippen molar-refractivity contribution in [3.8, 4) is 11.4 Å². The summed E-state index contributed by atoms with van der Waals surface area (Å²) in [6, 6.07) is 6.65. The largest absolute Gasteiger partial charge is 0.478 e. The van der Waals surface area contributed by atoms with Crippen LogP contribution in [0, 0.1) is 6.92 Å². The summed E-state index contributed by atoms with van der Waals surface area (Å²) >= 11 is 0. The fraction of sp³-hybridized carbons (Fsp3) is 0.200. The Labute approximate surface area is 121 Å². The summed E-state index contributed by atoms with van der Waals surface area (Å²) in [5.41, 5.74) is 3.67. The number of benzene rings is 1. The van der Waals surface area contributed by atoms with Crippen LogP contribution in [0.3, 0.4) is 0 Å². The number of carboxylic acids is 1. The fourth-order valence-electron chi connectivity index (χ4n) is 2.39. The topological polar surface area (TPSA) is 80.4 Å². The number of fused-ring (bicyclic) bond motifs is 1. The predicted octanol–water partition coefficient (Wildman–Crippen LogP) is 2.36. The van der Waals surface area contributed by atoms with E-state index in [1.165, 1.54) is 0 Å². The lowest BCUT2D eigenvalue weighted by atomic mass is 10.1. The van der Waals surface area contributed by atoms with Gasteiger partial charge in [0.25, 0.3) is 0 Å². The molecule has 0 bridgehead atoms. The molecule has 0 saturated carbocycles. The Kier molecular flexibility index (Phi) is 3.13. The van der Waals surface area contributed by atoms with Crippen molar-refractivity contribution >= 4 is 11.6 Å². The van der Waals surface area contributed by atoms with Crippen molar-refractivity contribution in [2.24, 2.45) is 0 Å². The molecule has 106 valence electrons. The van der Waals surface area contributed by atoms with E-state index in [9.17, 15) is 4.79 Å². The minimum absolute atomic E-state index is 0.222. The van der Waals surface area contributed by atoms with E-state index in [-0.39, 0.29) is 5.56 Å². The van der Waals surface area contributed by atoms with Crippen LogP contribution in [-0.2, 0) is 6.42 Å². The zero-order valence-electron chi connectivity index (χ0n) is 11.7. The number of carbonyl (C=O) groups is 1. The molecule has 0 unspecified atom stereocenters. The van der Waals surface area contributed by atoms with Crippen molar-refractivity contribution < 1.29 is 9.90 Å². The standard InChI is InChI=1S/C15H14N4O2/c1-3-12-9(2)16-8-19-13(17-18-14(12)19)10-5-4-6-11(7-10)15(20)21/h4-8H,3H2,1-2H3,(H,20,21). The minimum Gasteiger partial charge on any atom is -0.478 e. The summed E-state index contributed by atoms with van der Waals surface area (Å²) in [6.07, 6.45) is 2.49. The normalized spacial score (nSPS) is 11.0. The number of hydrogen-bond donors (Lipinski definition) is 1. The van der Waals surface area contributed by atoms with Crippen LogP contribution < -0.4 is 0 Å². The summed E-state index contributed by atoms with van der Waals surface area (Å²) in [5.74, 6) is -0.371. The molecular weight excluding hydrogens is 268 g/mol. The molecule has 0 spiro atoms. The molecule has 2 aromatic heterocycles. The van der Waals surface area contributed by atoms with E-state index in [0.717, 1.165) is 23.3 Å². The molecule has 0 fully saturated rings. The molecule has 6 nitrogen and oxygen atoms in total. The quantitative estimate of drug-likeness (QED) is 0.797. The van der Waals surface area contributed by atoms with E-state index in [4.69, 9.17) is 5.11 Å². The van der Waals surface area contributed by atoms with Crippen LogP contribution in [0.15, 0.2) is 30.6 Å². The molecule has 0 amide bonds. The van der Waals surface area contributed by atoms with Gasteiger partial charge in [-0.25, -0.2) is 9.78 Å². The van der Waals surface area contributed by atoms with Gasteiger partial charge >= 0.3 is 5.97 Å². The average molecular weight is 282 g/mol. The van der Waals surface area contributed by atoms with Crippen LogP contribution >= 0.6 is 0 Å². The van der Waals surface area contributed by atoms with E-state index in [1.807, 2.05) is 19.9 Å². The lowest BCUT2D eigenvalue weighted by molar-refractivity contribution is 0.0697. The second-order valence-corrected chi connectivity index (χ2v) is 4.77. The Bertz CT molecular complexity index is 839. The van der Waals surface area contributed by atoms with Gasteiger partial charge in [0.15, 0.2) is 11.5 Å². The van der Waals surface area contributed by atoms with E-state index in [0.29, 0.717) is 11.4 Å². The third-order valence-corrected chi connectivity index (χ3v) is 3.49. The predicted molar refractivity (Wildman–Crippen MR) is 77.3 cm³/mol. The zero-order valence-corrected chi connectivity index (χ0v) is 11.7. The third-order valence-electron chi connectivity index (χ3n) is 3.49. The van der Waals surface area contributed by atoms with Gasteiger partial charge in [0.05, 0.1) is 5.56 Å². The number of aromatic nitrogens is 4. The molecular formula is C15H14N4O2. The van der Waals surface area contributed by atoms with E-state index in [1.54, 1.807) is 28.9 Å². The Hall–Kier alpha value is -2.76. The minimum atomic E-state index is -0.964. The summed E-state index contributed by atoms with van der Waals surface area (Å²) < 4.78 is 1.80. The second kappa shape index (κ2) is 4.97. The number of aryl methyl sites for hydroxylation is 2. The molecule has 1 N–H and O–H groups in total. The number of rotatable bonds is 3. The zero-order chi connectivity index (χ0) is 15.0. The number of nitrogens with zero attached hydrogens (tertiary/aromatic N) is 4. The Balaban J connectivity index is 2.22. The lowest BCUT2D eigenvalue weighted by Crippen LogP contribution is -2.00. The Morgan fingerprint density at radius 3 is 2.86 bits per heavy atom. The fourth-order valence-corrected chi connectivity index (χ4v) is 2.39. The molecule has 0 saturated heterocycles. The van der Waals surface area contributed by atoms with Gasteiger partial charge in [-0.05, 0) is 25.5 Å². The van der Waals surface area contributed by atoms with Crippen LogP contribution in [0.25, 0.3) is 17.0 Å². The van der Waals surface area contributed by atoms with Crippen LogP contribution in [-0.4, -0.2) is 30.7 Å². The number of carboxylic acid groups (broad SMARTS) is 1. The van der Waals surface area contributed by atoms with Crippen LogP contribution in [0.1, 0.15) is 28.5 Å². The molecule has 3 rings (SSSR count). The lowest BCUT2D eigenvalue weighted by Gasteiger charge is -2.05. The first-order valence-electron chi connectivity index (χ1n) is 6.64. The SMILES string of the molecule is CCc1c(C)ncn2c(-c3cccc(C(=O)O)c3)nnc12. The maximum Gasteiger partial charge on any atom is 0.335 e. The van der Waals surface area contributed by atoms with Crippen molar-refractivity contribution in [3.05, 3.63) is 47.4 Å². The summed E-state index contributed by atoms with van der Waals surface area (Å²) in [4.78, 5) is 15.4. The molecule has 0 atom stereocenters. The van der Waals surface area contributed by atoms with Gasteiger partial charge in [0.1, 0.15) is 6.33 Å². The molecule has 0 aliphatic rings. The smallest absolute Gasteiger partial charge is 0.335 e. The van der Waals surface area contributed by atoms with Gasteiger partial charge in [0, 0.05) is 16.8 Å². The van der Waals surface area contributed by atoms with Gasteiger partial charge in [-0.1, -0.05) is 19.1 Å². The highest BCUT2D eigenvalue weighted by Crippen LogP contribution is 2.22. The maximum atomic E-state index is 11.1. The summed E-state index contributed by atoms with van der Waals surface area (Å²) in [6.45, 7) is 3.99. The van der Waals surface area contributed by atoms with Crippen molar-refractivity contribution in [2.45, 2.75) is 20.3 Å². The van der Waals surface area contributed by atoms with Crippen LogP contribution in [0.2, 0.25) is 0 Å². The molecule has 6 heteroatoms. The van der Waals surface area contributed by atoms with Gasteiger partial charge in [0.2, 0.25) is 0 Å². The third kappa shape index (κ3) is 2.14. The molecule has 0 aliphatic carbocycles. The first-order chi connectivity index (χ1) is 10.1. The average Bonchev–Trinajstić information content (AvgIpc) is 2.91. The molecule has 21 heavy (non-hydrogen) atoms. The molecule has 0 aliphatic heterocycles. The first-order valence-corrected chi connectivity index (χ1v) is 6.64. The van der Waals surface area contributed by atoms with Crippen molar-refractivity contribution in [2.75, 3.05) is 0 Å². The highest BCUT2D eigenvalue weighted by molar-refractivity contribution is 5.89. The van der Waals surface area contributed by atoms with Gasteiger partial charge in [-0.2, -0.15) is 0 Å². The molecule has 1 aromatic carbocycles. The molecule has 3 aromatic rings. The van der Waals surface area contributed by atoms with E-state index < -0.39 is 5.97 Å². The summed E-state index contributed by atoms with van der Waals surface area (Å²) in [7, 11) is 0. The molecule has 0 radical (unpaired) electrons. The highest BCUT2D eigenvalue weighted by Gasteiger charge is 2.14. The van der Waals surface area contributed by atoms with Crippen LogP contribution in [0.4, 0.5) is 0 Å². The van der Waals surface area contributed by atoms with Gasteiger partial charge in [-0.15, -0.1) is 10.2 Å². The van der Waals surface area contributed by atoms with E-state index in [2.05, 4.69) is 15.2 Å². The van der Waals surface area contributed by atoms with E-state index >= 15 is 0 Å². The first kappa shape index (κ1) is 13.2. The molecule has 2 heterocycles. The number of aromatic carboxylic acids is 1. The van der Waals surface area contributed by atoms with Crippen molar-refractivity contribution in [3.63, 3.8) is 0 Å². The number of hydrogen-bond acceptors (Lipinski definition) is 4. The van der Waals surface area contributed by atoms with Crippen molar-refractivity contribution in [1.29, 1.82) is 0 Å². The monoisotopic (exact) mass is 282 g/mol.